The highest BCUT2D eigenvalue weighted by Gasteiger charge is 2.35. The molecule has 4 aromatic rings. The van der Waals surface area contributed by atoms with Gasteiger partial charge in [0.15, 0.2) is 0 Å². The van der Waals surface area contributed by atoms with E-state index in [0.717, 1.165) is 41.3 Å². The first-order valence-corrected chi connectivity index (χ1v) is 10.5. The molecule has 2 heterocycles. The summed E-state index contributed by atoms with van der Waals surface area (Å²) in [6.07, 6.45) is 6.34. The molecule has 3 aromatic carbocycles. The average Bonchev–Trinajstić information content (AvgIpc) is 2.79. The van der Waals surface area contributed by atoms with E-state index in [1.165, 1.54) is 10.8 Å². The van der Waals surface area contributed by atoms with Crippen molar-refractivity contribution in [1.29, 1.82) is 0 Å². The Morgan fingerprint density at radius 2 is 1.83 bits per heavy atom. The fourth-order valence-electron chi connectivity index (χ4n) is 4.84. The summed E-state index contributed by atoms with van der Waals surface area (Å²) in [6, 6.07) is 22.5. The lowest BCUT2D eigenvalue weighted by molar-refractivity contribution is -0.145. The van der Waals surface area contributed by atoms with Crippen molar-refractivity contribution in [2.24, 2.45) is 0 Å². The molecule has 1 saturated heterocycles. The third-order valence-electron chi connectivity index (χ3n) is 6.26. The maximum Gasteiger partial charge on any atom is 0.320 e. The van der Waals surface area contributed by atoms with Crippen LogP contribution in [0.1, 0.15) is 36.4 Å². The summed E-state index contributed by atoms with van der Waals surface area (Å²) in [4.78, 5) is 18.6. The summed E-state index contributed by atoms with van der Waals surface area (Å²) in [7, 11) is 0. The maximum absolute atomic E-state index is 12.2. The van der Waals surface area contributed by atoms with Gasteiger partial charge in [-0.1, -0.05) is 61.0 Å². The van der Waals surface area contributed by atoms with Crippen molar-refractivity contribution in [3.63, 3.8) is 0 Å². The summed E-state index contributed by atoms with van der Waals surface area (Å²) in [5.74, 6) is -0.732. The van der Waals surface area contributed by atoms with E-state index in [2.05, 4.69) is 64.5 Å². The van der Waals surface area contributed by atoms with Gasteiger partial charge >= 0.3 is 5.97 Å². The van der Waals surface area contributed by atoms with Crippen LogP contribution in [-0.4, -0.2) is 33.5 Å². The number of carboxylic acid groups (broad SMARTS) is 1. The molecule has 1 aromatic heterocycles. The molecule has 0 amide bonds. The van der Waals surface area contributed by atoms with Gasteiger partial charge < -0.3 is 5.11 Å². The highest BCUT2D eigenvalue weighted by molar-refractivity contribution is 5.87. The predicted molar refractivity (Wildman–Crippen MR) is 120 cm³/mol. The van der Waals surface area contributed by atoms with E-state index in [0.29, 0.717) is 6.42 Å². The molecule has 0 radical (unpaired) electrons. The second kappa shape index (κ2) is 7.88. The predicted octanol–water partition coefficient (Wildman–Crippen LogP) is 5.42. The molecule has 150 valence electrons. The minimum absolute atomic E-state index is 0.116. The molecular weight excluding hydrogens is 372 g/mol. The van der Waals surface area contributed by atoms with Crippen LogP contribution >= 0.6 is 0 Å². The number of piperidine rings is 1. The number of likely N-dealkylation sites (tertiary alicyclic amines) is 1. The lowest BCUT2D eigenvalue weighted by Crippen LogP contribution is -2.46. The van der Waals surface area contributed by atoms with Gasteiger partial charge in [-0.05, 0) is 58.8 Å². The number of aromatic nitrogens is 1. The first-order valence-electron chi connectivity index (χ1n) is 10.5. The Bertz CT molecular complexity index is 1210. The molecule has 30 heavy (non-hydrogen) atoms. The van der Waals surface area contributed by atoms with E-state index in [-0.39, 0.29) is 6.04 Å². The number of benzene rings is 3. The van der Waals surface area contributed by atoms with E-state index in [1.807, 2.05) is 18.3 Å². The third kappa shape index (κ3) is 3.33. The van der Waals surface area contributed by atoms with E-state index < -0.39 is 12.0 Å². The van der Waals surface area contributed by atoms with Crippen LogP contribution in [0.4, 0.5) is 0 Å². The van der Waals surface area contributed by atoms with E-state index in [9.17, 15) is 9.90 Å². The Kier molecular flexibility index (Phi) is 4.93. The van der Waals surface area contributed by atoms with Crippen molar-refractivity contribution in [2.45, 2.75) is 31.3 Å². The molecule has 0 saturated carbocycles. The number of rotatable bonds is 4. The van der Waals surface area contributed by atoms with Crippen LogP contribution < -0.4 is 0 Å². The zero-order valence-electron chi connectivity index (χ0n) is 16.7. The van der Waals surface area contributed by atoms with Crippen molar-refractivity contribution >= 4 is 27.5 Å². The summed E-state index contributed by atoms with van der Waals surface area (Å²) >= 11 is 0. The number of aliphatic carboxylic acids is 1. The fraction of sp³-hybridized carbons (Fsp3) is 0.231. The molecule has 4 heteroatoms. The van der Waals surface area contributed by atoms with E-state index in [1.54, 1.807) is 6.20 Å². The minimum Gasteiger partial charge on any atom is -0.480 e. The zero-order chi connectivity index (χ0) is 20.5. The Morgan fingerprint density at radius 1 is 0.967 bits per heavy atom. The number of hydrogen-bond donors (Lipinski definition) is 1. The third-order valence-corrected chi connectivity index (χ3v) is 6.26. The van der Waals surface area contributed by atoms with Gasteiger partial charge in [0.05, 0.1) is 6.04 Å². The SMILES string of the molecule is O=C(O)C1CCCCN1C(c1ccc2cnccc2c1)c1cccc2ccccc12. The van der Waals surface area contributed by atoms with Crippen molar-refractivity contribution < 1.29 is 9.90 Å². The zero-order valence-corrected chi connectivity index (χ0v) is 16.7. The number of carboxylic acids is 1. The van der Waals surface area contributed by atoms with Crippen LogP contribution in [0.5, 0.6) is 0 Å². The van der Waals surface area contributed by atoms with Gasteiger partial charge in [0.2, 0.25) is 0 Å². The molecule has 1 fully saturated rings. The Labute approximate surface area is 175 Å². The van der Waals surface area contributed by atoms with Gasteiger partial charge in [0, 0.05) is 17.8 Å². The molecule has 0 aliphatic carbocycles. The lowest BCUT2D eigenvalue weighted by Gasteiger charge is -2.40. The second-order valence-electron chi connectivity index (χ2n) is 8.04. The average molecular weight is 396 g/mol. The Hall–Kier alpha value is -3.24. The van der Waals surface area contributed by atoms with Crippen molar-refractivity contribution in [2.75, 3.05) is 6.54 Å². The topological polar surface area (TPSA) is 53.4 Å². The van der Waals surface area contributed by atoms with Crippen LogP contribution in [0.2, 0.25) is 0 Å². The monoisotopic (exact) mass is 396 g/mol. The summed E-state index contributed by atoms with van der Waals surface area (Å²) in [5, 5.41) is 14.5. The number of nitrogens with zero attached hydrogens (tertiary/aromatic N) is 2. The number of fused-ring (bicyclic) bond motifs is 2. The van der Waals surface area contributed by atoms with Gasteiger partial charge in [0.1, 0.15) is 6.04 Å². The van der Waals surface area contributed by atoms with Gasteiger partial charge in [-0.15, -0.1) is 0 Å². The summed E-state index contributed by atoms with van der Waals surface area (Å²) in [6.45, 7) is 0.777. The Balaban J connectivity index is 1.73. The first-order chi connectivity index (χ1) is 14.7. The van der Waals surface area contributed by atoms with Crippen molar-refractivity contribution in [1.82, 2.24) is 9.88 Å². The summed E-state index contributed by atoms with van der Waals surface area (Å²) < 4.78 is 0. The molecule has 1 aliphatic rings. The molecule has 2 atom stereocenters. The molecule has 0 bridgehead atoms. The second-order valence-corrected chi connectivity index (χ2v) is 8.04. The van der Waals surface area contributed by atoms with Gasteiger partial charge in [-0.2, -0.15) is 0 Å². The van der Waals surface area contributed by atoms with Gasteiger partial charge in [0.25, 0.3) is 0 Å². The van der Waals surface area contributed by atoms with Gasteiger partial charge in [-0.3, -0.25) is 14.7 Å². The standard InChI is InChI=1S/C26H24N2O2/c29-26(30)24-10-3-4-15-28(24)25(20-11-12-21-17-27-14-13-19(21)16-20)23-9-5-7-18-6-1-2-8-22(18)23/h1-2,5-9,11-14,16-17,24-25H,3-4,10,15H2,(H,29,30). The van der Waals surface area contributed by atoms with Crippen molar-refractivity contribution in [3.8, 4) is 0 Å². The smallest absolute Gasteiger partial charge is 0.320 e. The Morgan fingerprint density at radius 3 is 2.73 bits per heavy atom. The highest BCUT2D eigenvalue weighted by Crippen LogP contribution is 2.38. The van der Waals surface area contributed by atoms with Crippen LogP contribution in [-0.2, 0) is 4.79 Å². The normalized spacial score (nSPS) is 18.5. The number of pyridine rings is 1. The largest absolute Gasteiger partial charge is 0.480 e. The molecule has 4 nitrogen and oxygen atoms in total. The van der Waals surface area contributed by atoms with Crippen LogP contribution in [0.15, 0.2) is 79.1 Å². The van der Waals surface area contributed by atoms with Crippen LogP contribution in [0.25, 0.3) is 21.5 Å². The highest BCUT2D eigenvalue weighted by atomic mass is 16.4. The van der Waals surface area contributed by atoms with E-state index in [4.69, 9.17) is 0 Å². The molecule has 2 unspecified atom stereocenters. The number of carbonyl (C=O) groups is 1. The lowest BCUT2D eigenvalue weighted by atomic mass is 9.88. The summed E-state index contributed by atoms with van der Waals surface area (Å²) in [5.41, 5.74) is 2.29. The number of hydrogen-bond acceptors (Lipinski definition) is 3. The molecule has 1 aliphatic heterocycles. The quantitative estimate of drug-likeness (QED) is 0.501. The molecule has 5 rings (SSSR count). The van der Waals surface area contributed by atoms with Crippen LogP contribution in [0.3, 0.4) is 0 Å². The molecular formula is C26H24N2O2. The van der Waals surface area contributed by atoms with E-state index >= 15 is 0 Å². The minimum atomic E-state index is -0.732. The van der Waals surface area contributed by atoms with Crippen molar-refractivity contribution in [3.05, 3.63) is 90.3 Å². The maximum atomic E-state index is 12.2. The first kappa shape index (κ1) is 18.8. The molecule has 0 spiro atoms. The molecule has 1 N–H and O–H groups in total. The van der Waals surface area contributed by atoms with Crippen LogP contribution in [0, 0.1) is 0 Å². The van der Waals surface area contributed by atoms with Gasteiger partial charge in [-0.25, -0.2) is 0 Å². The fourth-order valence-corrected chi connectivity index (χ4v) is 4.84.